The summed E-state index contributed by atoms with van der Waals surface area (Å²) in [6.07, 6.45) is 0. The Balaban J connectivity index is 1.22. The molecule has 0 amide bonds. The Kier molecular flexibility index (Phi) is 5.38. The van der Waals surface area contributed by atoms with E-state index >= 15 is 0 Å². The largest absolute Gasteiger partial charge is 0.455 e. The maximum absolute atomic E-state index is 9.54. The third-order valence-corrected chi connectivity index (χ3v) is 9.72. The van der Waals surface area contributed by atoms with Crippen molar-refractivity contribution in [2.75, 3.05) is 0 Å². The molecule has 0 radical (unpaired) electrons. The normalized spacial score (nSPS) is 12.8. The Morgan fingerprint density at radius 3 is 1.63 bits per heavy atom. The molecule has 10 rings (SSSR count). The molecule has 0 aliphatic carbocycles. The van der Waals surface area contributed by atoms with Gasteiger partial charge in [0.2, 0.25) is 0 Å². The van der Waals surface area contributed by atoms with Crippen molar-refractivity contribution in [1.82, 2.24) is 0 Å². The van der Waals surface area contributed by atoms with Gasteiger partial charge >= 0.3 is 0 Å². The highest BCUT2D eigenvalue weighted by molar-refractivity contribution is 6.21. The fourth-order valence-corrected chi connectivity index (χ4v) is 7.53. The second-order valence-electron chi connectivity index (χ2n) is 12.5. The lowest BCUT2D eigenvalue weighted by Gasteiger charge is -2.18. The first kappa shape index (κ1) is 23.8. The van der Waals surface area contributed by atoms with Crippen molar-refractivity contribution in [1.29, 1.82) is 0 Å². The van der Waals surface area contributed by atoms with Gasteiger partial charge in [-0.15, -0.1) is 0 Å². The SMILES string of the molecule is [2H]c1c([2H])c(-c2cccc3c2oc2cccc(-c4ccc5ccccc5c4)c23)c([2H])c([2H])c1-c1c2ccccc2c(-c2ccccc2)c2ccccc12. The van der Waals surface area contributed by atoms with E-state index in [4.69, 9.17) is 4.42 Å². The van der Waals surface area contributed by atoms with Gasteiger partial charge in [-0.2, -0.15) is 0 Å². The second-order valence-corrected chi connectivity index (χ2v) is 12.5. The molecular formula is C48H30O. The third kappa shape index (κ3) is 4.40. The van der Waals surface area contributed by atoms with E-state index in [9.17, 15) is 5.48 Å². The minimum absolute atomic E-state index is 0.0891. The second kappa shape index (κ2) is 11.1. The molecule has 49 heavy (non-hydrogen) atoms. The fraction of sp³-hybridized carbons (Fsp3) is 0. The summed E-state index contributed by atoms with van der Waals surface area (Å²) in [7, 11) is 0. The van der Waals surface area contributed by atoms with Crippen LogP contribution in [0.25, 0.3) is 98.8 Å². The van der Waals surface area contributed by atoms with E-state index in [1.54, 1.807) is 0 Å². The van der Waals surface area contributed by atoms with Crippen molar-refractivity contribution in [2.45, 2.75) is 0 Å². The molecule has 1 heteroatoms. The van der Waals surface area contributed by atoms with E-state index in [-0.39, 0.29) is 35.3 Å². The van der Waals surface area contributed by atoms with Gasteiger partial charge in [-0.05, 0) is 83.4 Å². The summed E-state index contributed by atoms with van der Waals surface area (Å²) in [6, 6.07) is 52.5. The highest BCUT2D eigenvalue weighted by Crippen LogP contribution is 2.45. The number of para-hydroxylation sites is 1. The highest BCUT2D eigenvalue weighted by atomic mass is 16.3. The summed E-state index contributed by atoms with van der Waals surface area (Å²) < 4.78 is 44.6. The minimum Gasteiger partial charge on any atom is -0.455 e. The Morgan fingerprint density at radius 1 is 0.367 bits per heavy atom. The molecule has 0 bridgehead atoms. The molecule has 0 saturated heterocycles. The third-order valence-electron chi connectivity index (χ3n) is 9.72. The summed E-state index contributed by atoms with van der Waals surface area (Å²) in [6.45, 7) is 0. The van der Waals surface area contributed by atoms with Crippen LogP contribution in [0, 0.1) is 0 Å². The first-order valence-electron chi connectivity index (χ1n) is 18.5. The molecule has 0 aliphatic rings. The van der Waals surface area contributed by atoms with Crippen LogP contribution in [-0.4, -0.2) is 0 Å². The molecule has 0 fully saturated rings. The van der Waals surface area contributed by atoms with E-state index in [0.29, 0.717) is 22.3 Å². The van der Waals surface area contributed by atoms with Crippen LogP contribution in [0.5, 0.6) is 0 Å². The number of benzene rings is 9. The maximum atomic E-state index is 9.54. The molecule has 0 spiro atoms. The van der Waals surface area contributed by atoms with E-state index in [0.717, 1.165) is 60.0 Å². The number of hydrogen-bond donors (Lipinski definition) is 0. The van der Waals surface area contributed by atoms with E-state index < -0.39 is 0 Å². The fourth-order valence-electron chi connectivity index (χ4n) is 7.53. The molecule has 10 aromatic rings. The molecule has 0 saturated carbocycles. The van der Waals surface area contributed by atoms with Crippen molar-refractivity contribution in [3.8, 4) is 44.5 Å². The van der Waals surface area contributed by atoms with Gasteiger partial charge < -0.3 is 4.42 Å². The zero-order valence-electron chi connectivity index (χ0n) is 30.4. The quantitative estimate of drug-likeness (QED) is 0.177. The monoisotopic (exact) mass is 626 g/mol. The Morgan fingerprint density at radius 2 is 0.918 bits per heavy atom. The van der Waals surface area contributed by atoms with Crippen LogP contribution >= 0.6 is 0 Å². The Labute approximate surface area is 289 Å². The van der Waals surface area contributed by atoms with Gasteiger partial charge in [0, 0.05) is 16.3 Å². The molecule has 0 N–H and O–H groups in total. The van der Waals surface area contributed by atoms with E-state index in [2.05, 4.69) is 60.7 Å². The molecular weight excluding hydrogens is 593 g/mol. The van der Waals surface area contributed by atoms with Crippen LogP contribution in [0.15, 0.2) is 186 Å². The molecule has 1 aromatic heterocycles. The summed E-state index contributed by atoms with van der Waals surface area (Å²) in [5, 5.41) is 7.85. The van der Waals surface area contributed by atoms with Crippen LogP contribution < -0.4 is 0 Å². The zero-order valence-corrected chi connectivity index (χ0v) is 26.4. The molecule has 1 nitrogen and oxygen atoms in total. The summed E-state index contributed by atoms with van der Waals surface area (Å²) in [5.41, 5.74) is 7.19. The predicted octanol–water partition coefficient (Wildman–Crippen LogP) is 13.7. The summed E-state index contributed by atoms with van der Waals surface area (Å²) in [4.78, 5) is 0. The minimum atomic E-state index is -0.107. The van der Waals surface area contributed by atoms with Gasteiger partial charge in [0.1, 0.15) is 11.2 Å². The molecule has 0 unspecified atom stereocenters. The number of furan rings is 1. The van der Waals surface area contributed by atoms with Gasteiger partial charge in [0.25, 0.3) is 0 Å². The number of rotatable bonds is 4. The first-order valence-corrected chi connectivity index (χ1v) is 16.5. The van der Waals surface area contributed by atoms with Gasteiger partial charge in [-0.25, -0.2) is 0 Å². The zero-order chi connectivity index (χ0) is 35.8. The lowest BCUT2D eigenvalue weighted by atomic mass is 9.85. The lowest BCUT2D eigenvalue weighted by Crippen LogP contribution is -1.90. The average molecular weight is 627 g/mol. The molecule has 0 atom stereocenters. The Bertz CT molecular complexity index is 3020. The molecule has 0 aliphatic heterocycles. The van der Waals surface area contributed by atoms with Crippen molar-refractivity contribution in [3.63, 3.8) is 0 Å². The Hall–Kier alpha value is -6.44. The predicted molar refractivity (Wildman–Crippen MR) is 208 cm³/mol. The summed E-state index contributed by atoms with van der Waals surface area (Å²) in [5.74, 6) is 0. The van der Waals surface area contributed by atoms with Crippen molar-refractivity contribution < 1.29 is 9.90 Å². The molecule has 1 heterocycles. The van der Waals surface area contributed by atoms with Crippen molar-refractivity contribution in [2.24, 2.45) is 0 Å². The van der Waals surface area contributed by atoms with Gasteiger partial charge in [-0.1, -0.05) is 170 Å². The van der Waals surface area contributed by atoms with Crippen LogP contribution in [0.4, 0.5) is 0 Å². The van der Waals surface area contributed by atoms with Crippen molar-refractivity contribution >= 4 is 54.3 Å². The topological polar surface area (TPSA) is 13.1 Å². The van der Waals surface area contributed by atoms with Crippen LogP contribution in [0.1, 0.15) is 5.48 Å². The molecule has 9 aromatic carbocycles. The lowest BCUT2D eigenvalue weighted by molar-refractivity contribution is 0.670. The van der Waals surface area contributed by atoms with Crippen molar-refractivity contribution in [3.05, 3.63) is 182 Å². The van der Waals surface area contributed by atoms with E-state index in [1.807, 2.05) is 97.1 Å². The van der Waals surface area contributed by atoms with Crippen LogP contribution in [0.2, 0.25) is 0 Å². The van der Waals surface area contributed by atoms with Crippen LogP contribution in [0.3, 0.4) is 0 Å². The standard InChI is InChI=1S/C48H30O/c1-2-13-33(14-3-1)45-39-16-6-8-18-41(39)46(42-19-9-7-17-40(42)45)34-27-25-32(26-28-34)38-21-10-22-43-47-37(20-11-23-44(47)49-48(38)43)36-29-24-31-12-4-5-15-35(31)30-36/h1-30H/i25D,26D,27D,28D. The van der Waals surface area contributed by atoms with Gasteiger partial charge in [-0.3, -0.25) is 0 Å². The number of fused-ring (bicyclic) bond motifs is 6. The smallest absolute Gasteiger partial charge is 0.143 e. The summed E-state index contributed by atoms with van der Waals surface area (Å²) >= 11 is 0. The maximum Gasteiger partial charge on any atom is 0.143 e. The molecule has 228 valence electrons. The van der Waals surface area contributed by atoms with Gasteiger partial charge in [0.15, 0.2) is 0 Å². The number of hydrogen-bond acceptors (Lipinski definition) is 1. The van der Waals surface area contributed by atoms with Gasteiger partial charge in [0.05, 0.1) is 5.48 Å². The average Bonchev–Trinajstić information content (AvgIpc) is 3.60. The van der Waals surface area contributed by atoms with E-state index in [1.165, 1.54) is 5.39 Å². The van der Waals surface area contributed by atoms with Crippen LogP contribution in [-0.2, 0) is 0 Å². The highest BCUT2D eigenvalue weighted by Gasteiger charge is 2.18. The first-order chi connectivity index (χ1) is 26.0.